The van der Waals surface area contributed by atoms with Crippen molar-refractivity contribution in [2.24, 2.45) is 0 Å². The molecule has 0 radical (unpaired) electrons. The fourth-order valence-corrected chi connectivity index (χ4v) is 3.52. The predicted molar refractivity (Wildman–Crippen MR) is 88.0 cm³/mol. The fourth-order valence-electron chi connectivity index (χ4n) is 2.12. The van der Waals surface area contributed by atoms with Crippen molar-refractivity contribution in [2.45, 2.75) is 32.1 Å². The SMILES string of the molecule is C[Si](C)(C)CCCNc1ccnc2cc(Cl)ccc12. The zero-order valence-electron chi connectivity index (χ0n) is 11.8. The number of benzene rings is 1. The Morgan fingerprint density at radius 3 is 2.74 bits per heavy atom. The molecule has 19 heavy (non-hydrogen) atoms. The van der Waals surface area contributed by atoms with E-state index < -0.39 is 8.07 Å². The highest BCUT2D eigenvalue weighted by Crippen LogP contribution is 2.24. The van der Waals surface area contributed by atoms with E-state index in [2.05, 4.69) is 29.9 Å². The lowest BCUT2D eigenvalue weighted by Gasteiger charge is -2.16. The van der Waals surface area contributed by atoms with E-state index in [4.69, 9.17) is 11.6 Å². The van der Waals surface area contributed by atoms with Gasteiger partial charge >= 0.3 is 0 Å². The van der Waals surface area contributed by atoms with E-state index in [0.29, 0.717) is 0 Å². The van der Waals surface area contributed by atoms with Crippen LogP contribution in [-0.2, 0) is 0 Å². The van der Waals surface area contributed by atoms with Gasteiger partial charge in [0, 0.05) is 36.9 Å². The molecular weight excluding hydrogens is 272 g/mol. The summed E-state index contributed by atoms with van der Waals surface area (Å²) in [5, 5.41) is 5.39. The largest absolute Gasteiger partial charge is 0.384 e. The van der Waals surface area contributed by atoms with Crippen LogP contribution in [-0.4, -0.2) is 19.6 Å². The molecule has 0 unspecified atom stereocenters. The first-order valence-electron chi connectivity index (χ1n) is 6.74. The Morgan fingerprint density at radius 2 is 2.00 bits per heavy atom. The lowest BCUT2D eigenvalue weighted by molar-refractivity contribution is 0.956. The average molecular weight is 293 g/mol. The molecule has 0 spiro atoms. The first kappa shape index (κ1) is 14.3. The number of fused-ring (bicyclic) bond motifs is 1. The number of nitrogens with one attached hydrogen (secondary N) is 1. The lowest BCUT2D eigenvalue weighted by atomic mass is 10.2. The minimum atomic E-state index is -0.926. The predicted octanol–water partition coefficient (Wildman–Crippen LogP) is 5.03. The number of halogens is 1. The zero-order chi connectivity index (χ0) is 13.9. The Hall–Kier alpha value is -1.06. The normalized spacial score (nSPS) is 11.8. The number of hydrogen-bond acceptors (Lipinski definition) is 2. The van der Waals surface area contributed by atoms with Crippen LogP contribution in [0.15, 0.2) is 30.5 Å². The molecule has 0 atom stereocenters. The molecule has 1 heterocycles. The molecule has 1 aromatic carbocycles. The van der Waals surface area contributed by atoms with E-state index in [9.17, 15) is 0 Å². The highest BCUT2D eigenvalue weighted by Gasteiger charge is 2.11. The minimum Gasteiger partial charge on any atom is -0.384 e. The molecular formula is C15H21ClN2Si. The van der Waals surface area contributed by atoms with Crippen LogP contribution in [0.2, 0.25) is 30.7 Å². The van der Waals surface area contributed by atoms with Crippen molar-refractivity contribution in [2.75, 3.05) is 11.9 Å². The Kier molecular flexibility index (Phi) is 4.48. The third kappa shape index (κ3) is 4.22. The van der Waals surface area contributed by atoms with E-state index in [1.165, 1.54) is 12.5 Å². The van der Waals surface area contributed by atoms with Gasteiger partial charge in [-0.3, -0.25) is 4.98 Å². The molecule has 2 rings (SSSR count). The molecule has 2 nitrogen and oxygen atoms in total. The van der Waals surface area contributed by atoms with Crippen molar-refractivity contribution in [1.29, 1.82) is 0 Å². The molecule has 0 aliphatic carbocycles. The lowest BCUT2D eigenvalue weighted by Crippen LogP contribution is -2.20. The quantitative estimate of drug-likeness (QED) is 0.618. The van der Waals surface area contributed by atoms with Crippen LogP contribution in [0.3, 0.4) is 0 Å². The van der Waals surface area contributed by atoms with Gasteiger partial charge in [0.15, 0.2) is 0 Å². The molecule has 1 aromatic heterocycles. The number of aromatic nitrogens is 1. The summed E-state index contributed by atoms with van der Waals surface area (Å²) >= 11 is 5.99. The van der Waals surface area contributed by atoms with Crippen molar-refractivity contribution < 1.29 is 0 Å². The number of rotatable bonds is 5. The summed E-state index contributed by atoms with van der Waals surface area (Å²) in [7, 11) is -0.926. The van der Waals surface area contributed by atoms with Gasteiger partial charge in [0.05, 0.1) is 5.52 Å². The third-order valence-electron chi connectivity index (χ3n) is 3.12. The molecule has 102 valence electrons. The fraction of sp³-hybridized carbons (Fsp3) is 0.400. The molecule has 0 saturated heterocycles. The van der Waals surface area contributed by atoms with Crippen LogP contribution >= 0.6 is 11.6 Å². The van der Waals surface area contributed by atoms with Crippen LogP contribution in [0.5, 0.6) is 0 Å². The first-order chi connectivity index (χ1) is 8.96. The van der Waals surface area contributed by atoms with Gasteiger partial charge in [-0.25, -0.2) is 0 Å². The van der Waals surface area contributed by atoms with Gasteiger partial charge in [-0.2, -0.15) is 0 Å². The minimum absolute atomic E-state index is 0.732. The van der Waals surface area contributed by atoms with Gasteiger partial charge in [0.1, 0.15) is 0 Å². The molecule has 0 amide bonds. The van der Waals surface area contributed by atoms with Crippen molar-refractivity contribution in [1.82, 2.24) is 4.98 Å². The second-order valence-electron chi connectivity index (χ2n) is 6.11. The summed E-state index contributed by atoms with van der Waals surface area (Å²) in [5.41, 5.74) is 2.10. The maximum absolute atomic E-state index is 5.99. The van der Waals surface area contributed by atoms with E-state index >= 15 is 0 Å². The van der Waals surface area contributed by atoms with Crippen LogP contribution in [0.25, 0.3) is 10.9 Å². The summed E-state index contributed by atoms with van der Waals surface area (Å²) in [6.07, 6.45) is 3.06. The second-order valence-corrected chi connectivity index (χ2v) is 12.2. The van der Waals surface area contributed by atoms with E-state index in [1.54, 1.807) is 0 Å². The summed E-state index contributed by atoms with van der Waals surface area (Å²) in [5.74, 6) is 0. The number of anilines is 1. The molecule has 0 aliphatic heterocycles. The van der Waals surface area contributed by atoms with Gasteiger partial charge < -0.3 is 5.32 Å². The molecule has 0 fully saturated rings. The number of pyridine rings is 1. The number of nitrogens with zero attached hydrogens (tertiary/aromatic N) is 1. The Bertz CT molecular complexity index is 564. The Morgan fingerprint density at radius 1 is 1.21 bits per heavy atom. The summed E-state index contributed by atoms with van der Waals surface area (Å²) in [6.45, 7) is 8.26. The van der Waals surface area contributed by atoms with Crippen LogP contribution in [0.1, 0.15) is 6.42 Å². The first-order valence-corrected chi connectivity index (χ1v) is 10.8. The molecule has 0 bridgehead atoms. The molecule has 0 saturated carbocycles. The van der Waals surface area contributed by atoms with Crippen LogP contribution in [0.4, 0.5) is 5.69 Å². The van der Waals surface area contributed by atoms with E-state index in [-0.39, 0.29) is 0 Å². The summed E-state index contributed by atoms with van der Waals surface area (Å²) < 4.78 is 0. The van der Waals surface area contributed by atoms with Crippen LogP contribution in [0, 0.1) is 0 Å². The molecule has 1 N–H and O–H groups in total. The van der Waals surface area contributed by atoms with Gasteiger partial charge in [-0.15, -0.1) is 0 Å². The standard InChI is InChI=1S/C15H21ClN2Si/c1-19(2,3)10-4-8-17-14-7-9-18-15-11-12(16)5-6-13(14)15/h5-7,9,11H,4,8,10H2,1-3H3,(H,17,18). The van der Waals surface area contributed by atoms with Crippen molar-refractivity contribution >= 4 is 36.3 Å². The second kappa shape index (κ2) is 5.93. The monoisotopic (exact) mass is 292 g/mol. The van der Waals surface area contributed by atoms with Crippen molar-refractivity contribution in [3.05, 3.63) is 35.5 Å². The third-order valence-corrected chi connectivity index (χ3v) is 5.21. The van der Waals surface area contributed by atoms with Gasteiger partial charge in [0.2, 0.25) is 0 Å². The highest BCUT2D eigenvalue weighted by molar-refractivity contribution is 6.76. The summed E-state index contributed by atoms with van der Waals surface area (Å²) in [4.78, 5) is 4.35. The van der Waals surface area contributed by atoms with Gasteiger partial charge in [-0.05, 0) is 30.7 Å². The van der Waals surface area contributed by atoms with Gasteiger partial charge in [0.25, 0.3) is 0 Å². The summed E-state index contributed by atoms with van der Waals surface area (Å²) in [6, 6.07) is 9.24. The molecule has 2 aromatic rings. The number of hydrogen-bond donors (Lipinski definition) is 1. The van der Waals surface area contributed by atoms with Crippen LogP contribution < -0.4 is 5.32 Å². The maximum atomic E-state index is 5.99. The maximum Gasteiger partial charge on any atom is 0.0737 e. The highest BCUT2D eigenvalue weighted by atomic mass is 35.5. The molecule has 4 heteroatoms. The van der Waals surface area contributed by atoms with E-state index in [0.717, 1.165) is 28.2 Å². The zero-order valence-corrected chi connectivity index (χ0v) is 13.6. The van der Waals surface area contributed by atoms with Crippen molar-refractivity contribution in [3.8, 4) is 0 Å². The smallest absolute Gasteiger partial charge is 0.0737 e. The Labute approximate surface area is 121 Å². The topological polar surface area (TPSA) is 24.9 Å². The molecule has 0 aliphatic rings. The van der Waals surface area contributed by atoms with Gasteiger partial charge in [-0.1, -0.05) is 37.3 Å². The Balaban J connectivity index is 2.05. The van der Waals surface area contributed by atoms with Crippen molar-refractivity contribution in [3.63, 3.8) is 0 Å². The average Bonchev–Trinajstić information content (AvgIpc) is 2.33. The van der Waals surface area contributed by atoms with E-state index in [1.807, 2.05) is 30.5 Å².